The second kappa shape index (κ2) is 15.2. The third-order valence-corrected chi connectivity index (χ3v) is 8.40. The molecule has 0 aliphatic heterocycles. The van der Waals surface area contributed by atoms with Gasteiger partial charge in [-0.15, -0.1) is 0 Å². The number of thioether (sulfide) groups is 1. The smallest absolute Gasteiger partial charge is 0.256 e. The molecule has 0 heterocycles. The molecule has 6 nitrogen and oxygen atoms in total. The molecule has 4 aromatic carbocycles. The molecule has 4 aromatic rings. The number of hydrogen-bond acceptors (Lipinski definition) is 5. The number of ketones is 1. The molecule has 0 radical (unpaired) electrons. The summed E-state index contributed by atoms with van der Waals surface area (Å²) in [4.78, 5) is 39.7. The summed E-state index contributed by atoms with van der Waals surface area (Å²) in [5.41, 5.74) is 2.78. The first-order chi connectivity index (χ1) is 20.8. The molecule has 4 rings (SSSR count). The molecule has 43 heavy (non-hydrogen) atoms. The molecule has 0 bridgehead atoms. The van der Waals surface area contributed by atoms with E-state index < -0.39 is 11.8 Å². The number of nitrogens with zero attached hydrogens (tertiary/aromatic N) is 1. The molecule has 0 aliphatic rings. The number of Topliss-reactive ketones (excluding diaryl/α,β-unsaturated/α-hetero) is 1. The van der Waals surface area contributed by atoms with Gasteiger partial charge in [0.1, 0.15) is 0 Å². The number of amides is 2. The van der Waals surface area contributed by atoms with Crippen LogP contribution in [0.4, 0.5) is 5.69 Å². The first kappa shape index (κ1) is 31.6. The van der Waals surface area contributed by atoms with Crippen molar-refractivity contribution in [1.82, 2.24) is 5.32 Å². The van der Waals surface area contributed by atoms with E-state index >= 15 is 0 Å². The molecule has 0 saturated heterocycles. The van der Waals surface area contributed by atoms with Gasteiger partial charge in [0.25, 0.3) is 5.91 Å². The molecule has 0 aliphatic carbocycles. The minimum atomic E-state index is -0.803. The van der Waals surface area contributed by atoms with Crippen LogP contribution in [0, 0.1) is 18.3 Å². The molecule has 0 unspecified atom stereocenters. The molecular weight excluding hydrogens is 601 g/mol. The van der Waals surface area contributed by atoms with Gasteiger partial charge in [-0.1, -0.05) is 108 Å². The van der Waals surface area contributed by atoms with Crippen LogP contribution in [0.3, 0.4) is 0 Å². The number of carbonyl (C=O) groups is 3. The van der Waals surface area contributed by atoms with Crippen molar-refractivity contribution >= 4 is 58.2 Å². The summed E-state index contributed by atoms with van der Waals surface area (Å²) >= 11 is 13.8. The summed E-state index contributed by atoms with van der Waals surface area (Å²) in [7, 11) is 0. The molecule has 0 saturated carbocycles. The van der Waals surface area contributed by atoms with E-state index in [1.54, 1.807) is 104 Å². The number of anilines is 1. The van der Waals surface area contributed by atoms with E-state index in [2.05, 4.69) is 16.7 Å². The van der Waals surface area contributed by atoms with E-state index in [9.17, 15) is 19.6 Å². The number of halogens is 2. The minimum Gasteiger partial charge on any atom is -0.325 e. The summed E-state index contributed by atoms with van der Waals surface area (Å²) in [5, 5.41) is 17.2. The standard InChI is InChI=1S/C34H27Cl2N3O3S/c1-22-28(35)17-10-18-30(22)38-32(41)21-43-34(39-33(42)24-13-6-3-7-14-24)27(20-37)26(25-15-8-9-16-29(25)36)19-31(40)23-11-4-2-5-12-23/h2-18,26H,19,21H2,1H3,(H,38,41)(H,39,42)/b34-27+/t26-/m1/s1. The van der Waals surface area contributed by atoms with Crippen molar-refractivity contribution in [3.05, 3.63) is 146 Å². The van der Waals surface area contributed by atoms with E-state index in [1.807, 2.05) is 6.07 Å². The lowest BCUT2D eigenvalue weighted by atomic mass is 9.86. The van der Waals surface area contributed by atoms with Crippen LogP contribution in [-0.4, -0.2) is 23.4 Å². The second-order valence-corrected chi connectivity index (χ2v) is 11.3. The van der Waals surface area contributed by atoms with Crippen LogP contribution in [0.5, 0.6) is 0 Å². The normalized spacial score (nSPS) is 12.0. The molecule has 1 atom stereocenters. The molecular formula is C34H27Cl2N3O3S. The quantitative estimate of drug-likeness (QED) is 0.129. The van der Waals surface area contributed by atoms with Crippen LogP contribution in [0.15, 0.2) is 114 Å². The fraction of sp³-hybridized carbons (Fsp3) is 0.118. The zero-order valence-electron chi connectivity index (χ0n) is 23.1. The maximum Gasteiger partial charge on any atom is 0.256 e. The Labute approximate surface area is 264 Å². The summed E-state index contributed by atoms with van der Waals surface area (Å²) in [6.07, 6.45) is -0.0875. The summed E-state index contributed by atoms with van der Waals surface area (Å²) in [5.74, 6) is -1.97. The van der Waals surface area contributed by atoms with E-state index in [0.717, 1.165) is 11.8 Å². The van der Waals surface area contributed by atoms with E-state index in [4.69, 9.17) is 23.2 Å². The van der Waals surface area contributed by atoms with Gasteiger partial charge >= 0.3 is 0 Å². The Morgan fingerprint density at radius 3 is 2.07 bits per heavy atom. The molecule has 2 N–H and O–H groups in total. The molecule has 0 aromatic heterocycles. The van der Waals surface area contributed by atoms with Crippen molar-refractivity contribution < 1.29 is 14.4 Å². The third-order valence-electron chi connectivity index (χ3n) is 6.63. The number of allylic oxidation sites excluding steroid dienone is 1. The van der Waals surface area contributed by atoms with Gasteiger partial charge in [0, 0.05) is 39.2 Å². The highest BCUT2D eigenvalue weighted by atomic mass is 35.5. The minimum absolute atomic E-state index is 0.0875. The molecule has 9 heteroatoms. The fourth-order valence-corrected chi connectivity index (χ4v) is 5.65. The summed E-state index contributed by atoms with van der Waals surface area (Å²) in [6.45, 7) is 1.79. The van der Waals surface area contributed by atoms with Crippen LogP contribution < -0.4 is 10.6 Å². The highest BCUT2D eigenvalue weighted by molar-refractivity contribution is 8.03. The van der Waals surface area contributed by atoms with Gasteiger partial charge in [-0.05, 0) is 48.4 Å². The zero-order chi connectivity index (χ0) is 30.8. The van der Waals surface area contributed by atoms with Crippen LogP contribution in [0.25, 0.3) is 0 Å². The topological polar surface area (TPSA) is 99.1 Å². The number of benzene rings is 4. The van der Waals surface area contributed by atoms with Gasteiger partial charge in [-0.3, -0.25) is 14.4 Å². The molecule has 0 spiro atoms. The highest BCUT2D eigenvalue weighted by Gasteiger charge is 2.28. The Kier molecular flexibility index (Phi) is 11.2. The highest BCUT2D eigenvalue weighted by Crippen LogP contribution is 2.37. The predicted molar refractivity (Wildman–Crippen MR) is 173 cm³/mol. The Balaban J connectivity index is 1.73. The molecule has 216 valence electrons. The number of hydrogen-bond donors (Lipinski definition) is 2. The Morgan fingerprint density at radius 2 is 1.42 bits per heavy atom. The van der Waals surface area contributed by atoms with Crippen molar-refractivity contribution in [1.29, 1.82) is 5.26 Å². The monoisotopic (exact) mass is 627 g/mol. The lowest BCUT2D eigenvalue weighted by Gasteiger charge is -2.21. The molecule has 0 fully saturated rings. The number of nitrogens with one attached hydrogen (secondary N) is 2. The maximum atomic E-state index is 13.4. The van der Waals surface area contributed by atoms with Crippen LogP contribution in [0.2, 0.25) is 10.0 Å². The predicted octanol–water partition coefficient (Wildman–Crippen LogP) is 8.20. The Bertz CT molecular complexity index is 1700. The van der Waals surface area contributed by atoms with E-state index in [1.165, 1.54) is 0 Å². The van der Waals surface area contributed by atoms with Crippen molar-refractivity contribution in [3.8, 4) is 6.07 Å². The second-order valence-electron chi connectivity index (χ2n) is 9.49. The van der Waals surface area contributed by atoms with Gasteiger partial charge in [0.15, 0.2) is 5.78 Å². The van der Waals surface area contributed by atoms with Crippen molar-refractivity contribution in [3.63, 3.8) is 0 Å². The number of carbonyl (C=O) groups excluding carboxylic acids is 3. The maximum absolute atomic E-state index is 13.4. The van der Waals surface area contributed by atoms with Gasteiger partial charge < -0.3 is 10.6 Å². The first-order valence-electron chi connectivity index (χ1n) is 13.3. The average molecular weight is 629 g/mol. The van der Waals surface area contributed by atoms with Gasteiger partial charge in [0.05, 0.1) is 22.4 Å². The Hall–Kier alpha value is -4.35. The fourth-order valence-electron chi connectivity index (χ4n) is 4.35. The zero-order valence-corrected chi connectivity index (χ0v) is 25.5. The first-order valence-corrected chi connectivity index (χ1v) is 15.0. The lowest BCUT2D eigenvalue weighted by Crippen LogP contribution is -2.26. The number of rotatable bonds is 11. The number of nitriles is 1. The van der Waals surface area contributed by atoms with Crippen LogP contribution in [0.1, 0.15) is 44.2 Å². The van der Waals surface area contributed by atoms with Crippen LogP contribution in [-0.2, 0) is 4.79 Å². The van der Waals surface area contributed by atoms with E-state index in [-0.39, 0.29) is 34.5 Å². The van der Waals surface area contributed by atoms with Gasteiger partial charge in [-0.2, -0.15) is 5.26 Å². The van der Waals surface area contributed by atoms with Gasteiger partial charge in [0.2, 0.25) is 5.91 Å². The summed E-state index contributed by atoms with van der Waals surface area (Å²) < 4.78 is 0. The SMILES string of the molecule is Cc1c(Cl)cccc1NC(=O)CS/C(NC(=O)c1ccccc1)=C(\C#N)[C@H](CC(=O)c1ccccc1)c1ccccc1Cl. The van der Waals surface area contributed by atoms with Crippen LogP contribution >= 0.6 is 35.0 Å². The lowest BCUT2D eigenvalue weighted by molar-refractivity contribution is -0.113. The third kappa shape index (κ3) is 8.36. The van der Waals surface area contributed by atoms with Crippen molar-refractivity contribution in [2.24, 2.45) is 0 Å². The summed E-state index contributed by atoms with van der Waals surface area (Å²) in [6, 6.07) is 31.6. The molecule has 2 amide bonds. The van der Waals surface area contributed by atoms with E-state index in [0.29, 0.717) is 38.0 Å². The largest absolute Gasteiger partial charge is 0.325 e. The Morgan fingerprint density at radius 1 is 0.814 bits per heavy atom. The average Bonchev–Trinajstić information content (AvgIpc) is 3.02. The van der Waals surface area contributed by atoms with Crippen molar-refractivity contribution in [2.75, 3.05) is 11.1 Å². The van der Waals surface area contributed by atoms with Gasteiger partial charge in [-0.25, -0.2) is 0 Å². The van der Waals surface area contributed by atoms with Crippen molar-refractivity contribution in [2.45, 2.75) is 19.3 Å².